The number of nitrogens with two attached hydrogens (primary N) is 1. The third-order valence-corrected chi connectivity index (χ3v) is 4.33. The van der Waals surface area contributed by atoms with Crippen LogP contribution in [0.5, 0.6) is 0 Å². The van der Waals surface area contributed by atoms with Crippen molar-refractivity contribution >= 4 is 0 Å². The van der Waals surface area contributed by atoms with Crippen molar-refractivity contribution < 1.29 is 4.52 Å². The third-order valence-electron chi connectivity index (χ3n) is 4.33. The molecule has 0 amide bonds. The predicted molar refractivity (Wildman–Crippen MR) is 75.9 cm³/mol. The highest BCUT2D eigenvalue weighted by Gasteiger charge is 2.20. The van der Waals surface area contributed by atoms with Gasteiger partial charge in [-0.15, -0.1) is 0 Å². The zero-order valence-corrected chi connectivity index (χ0v) is 12.1. The van der Waals surface area contributed by atoms with Gasteiger partial charge in [-0.3, -0.25) is 0 Å². The summed E-state index contributed by atoms with van der Waals surface area (Å²) in [6.45, 7) is 2.85. The summed E-state index contributed by atoms with van der Waals surface area (Å²) in [6, 6.07) is 0. The zero-order chi connectivity index (χ0) is 13.5. The van der Waals surface area contributed by atoms with Gasteiger partial charge in [-0.1, -0.05) is 50.6 Å². The molecule has 0 aliphatic heterocycles. The molecule has 0 spiro atoms. The molecule has 1 aliphatic rings. The summed E-state index contributed by atoms with van der Waals surface area (Å²) < 4.78 is 5.41. The Kier molecular flexibility index (Phi) is 5.83. The average Bonchev–Trinajstić information content (AvgIpc) is 2.84. The van der Waals surface area contributed by atoms with Gasteiger partial charge in [0.05, 0.1) is 0 Å². The maximum atomic E-state index is 5.73. The minimum Gasteiger partial charge on any atom is -0.339 e. The van der Waals surface area contributed by atoms with Gasteiger partial charge in [0.1, 0.15) is 0 Å². The van der Waals surface area contributed by atoms with Crippen LogP contribution in [0.1, 0.15) is 75.9 Å². The molecule has 19 heavy (non-hydrogen) atoms. The topological polar surface area (TPSA) is 64.9 Å². The van der Waals surface area contributed by atoms with E-state index < -0.39 is 0 Å². The fourth-order valence-corrected chi connectivity index (χ4v) is 2.87. The predicted octanol–water partition coefficient (Wildman–Crippen LogP) is 3.42. The van der Waals surface area contributed by atoms with Crippen molar-refractivity contribution in [2.75, 3.05) is 6.54 Å². The van der Waals surface area contributed by atoms with Gasteiger partial charge < -0.3 is 10.3 Å². The number of aromatic nitrogens is 2. The highest BCUT2D eigenvalue weighted by Crippen LogP contribution is 2.29. The number of hydrogen-bond donors (Lipinski definition) is 1. The third kappa shape index (κ3) is 4.30. The molecule has 1 aromatic rings. The molecule has 0 aromatic carbocycles. The normalized spacial score (nSPS) is 19.9. The van der Waals surface area contributed by atoms with E-state index in [4.69, 9.17) is 10.3 Å². The van der Waals surface area contributed by atoms with Crippen LogP contribution < -0.4 is 5.73 Å². The molecule has 1 aliphatic carbocycles. The van der Waals surface area contributed by atoms with E-state index in [-0.39, 0.29) is 0 Å². The number of hydrogen-bond acceptors (Lipinski definition) is 4. The van der Waals surface area contributed by atoms with Crippen LogP contribution >= 0.6 is 0 Å². The molecule has 1 aromatic heterocycles. The van der Waals surface area contributed by atoms with E-state index in [0.29, 0.717) is 18.4 Å². The lowest BCUT2D eigenvalue weighted by molar-refractivity contribution is 0.341. The number of nitrogens with zero attached hydrogens (tertiary/aromatic N) is 2. The second-order valence-corrected chi connectivity index (χ2v) is 5.80. The van der Waals surface area contributed by atoms with Crippen molar-refractivity contribution in [1.29, 1.82) is 0 Å². The Morgan fingerprint density at radius 3 is 2.53 bits per heavy atom. The van der Waals surface area contributed by atoms with Gasteiger partial charge >= 0.3 is 0 Å². The highest BCUT2D eigenvalue weighted by molar-refractivity contribution is 4.96. The lowest BCUT2D eigenvalue weighted by atomic mass is 9.91. The van der Waals surface area contributed by atoms with Crippen LogP contribution in [0.3, 0.4) is 0 Å². The fourth-order valence-electron chi connectivity index (χ4n) is 2.87. The first-order valence-corrected chi connectivity index (χ1v) is 7.86. The van der Waals surface area contributed by atoms with E-state index in [9.17, 15) is 0 Å². The summed E-state index contributed by atoms with van der Waals surface area (Å²) in [7, 11) is 0. The molecule has 0 saturated heterocycles. The van der Waals surface area contributed by atoms with Crippen molar-refractivity contribution in [2.24, 2.45) is 11.7 Å². The van der Waals surface area contributed by atoms with Crippen LogP contribution in [0.2, 0.25) is 0 Å². The molecule has 4 nitrogen and oxygen atoms in total. The molecule has 1 saturated carbocycles. The van der Waals surface area contributed by atoms with E-state index in [2.05, 4.69) is 17.1 Å². The van der Waals surface area contributed by atoms with Crippen molar-refractivity contribution in [3.8, 4) is 0 Å². The quantitative estimate of drug-likeness (QED) is 0.886. The van der Waals surface area contributed by atoms with Crippen molar-refractivity contribution in [2.45, 2.75) is 70.6 Å². The number of rotatable bonds is 5. The highest BCUT2D eigenvalue weighted by atomic mass is 16.5. The second kappa shape index (κ2) is 7.63. The SMILES string of the molecule is CCC(CN)Cc1nc(C2CCCCCCC2)no1. The maximum absolute atomic E-state index is 5.73. The molecule has 1 atom stereocenters. The maximum Gasteiger partial charge on any atom is 0.226 e. The molecule has 0 bridgehead atoms. The smallest absolute Gasteiger partial charge is 0.226 e. The minimum atomic E-state index is 0.464. The van der Waals surface area contributed by atoms with Crippen LogP contribution in [-0.4, -0.2) is 16.7 Å². The Labute approximate surface area is 116 Å². The molecule has 108 valence electrons. The first-order chi connectivity index (χ1) is 9.33. The van der Waals surface area contributed by atoms with Crippen LogP contribution in [-0.2, 0) is 6.42 Å². The van der Waals surface area contributed by atoms with Gasteiger partial charge in [0.25, 0.3) is 0 Å². The lowest BCUT2D eigenvalue weighted by Crippen LogP contribution is -2.16. The molecular formula is C15H27N3O. The van der Waals surface area contributed by atoms with Gasteiger partial charge in [-0.2, -0.15) is 4.98 Å². The molecule has 0 radical (unpaired) electrons. The molecule has 2 rings (SSSR count). The molecular weight excluding hydrogens is 238 g/mol. The van der Waals surface area contributed by atoms with Crippen molar-refractivity contribution in [3.05, 3.63) is 11.7 Å². The van der Waals surface area contributed by atoms with Crippen molar-refractivity contribution in [3.63, 3.8) is 0 Å². The standard InChI is InChI=1S/C15H27N3O/c1-2-12(11-16)10-14-17-15(18-19-14)13-8-6-4-3-5-7-9-13/h12-13H,2-11,16H2,1H3. The summed E-state index contributed by atoms with van der Waals surface area (Å²) in [4.78, 5) is 4.61. The van der Waals surface area contributed by atoms with Gasteiger partial charge in [-0.25, -0.2) is 0 Å². The second-order valence-electron chi connectivity index (χ2n) is 5.80. The largest absolute Gasteiger partial charge is 0.339 e. The van der Waals surface area contributed by atoms with Crippen molar-refractivity contribution in [1.82, 2.24) is 10.1 Å². The Morgan fingerprint density at radius 2 is 1.89 bits per heavy atom. The summed E-state index contributed by atoms with van der Waals surface area (Å²) in [5, 5.41) is 4.21. The van der Waals surface area contributed by atoms with Gasteiger partial charge in [0, 0.05) is 12.3 Å². The molecule has 1 unspecified atom stereocenters. The van der Waals surface area contributed by atoms with E-state index in [1.165, 1.54) is 44.9 Å². The zero-order valence-electron chi connectivity index (χ0n) is 12.1. The summed E-state index contributed by atoms with van der Waals surface area (Å²) in [5.74, 6) is 2.68. The molecule has 1 heterocycles. The Balaban J connectivity index is 1.94. The van der Waals surface area contributed by atoms with Crippen LogP contribution in [0.15, 0.2) is 4.52 Å². The van der Waals surface area contributed by atoms with Crippen LogP contribution in [0.4, 0.5) is 0 Å². The first-order valence-electron chi connectivity index (χ1n) is 7.86. The summed E-state index contributed by atoms with van der Waals surface area (Å²) >= 11 is 0. The van der Waals surface area contributed by atoms with Gasteiger partial charge in [0.2, 0.25) is 5.89 Å². The molecule has 1 fully saturated rings. The Morgan fingerprint density at radius 1 is 1.21 bits per heavy atom. The minimum absolute atomic E-state index is 0.464. The summed E-state index contributed by atoms with van der Waals surface area (Å²) in [5.41, 5.74) is 5.73. The molecule has 4 heteroatoms. The van der Waals surface area contributed by atoms with E-state index in [1.54, 1.807) is 0 Å². The summed E-state index contributed by atoms with van der Waals surface area (Å²) in [6.07, 6.45) is 11.0. The van der Waals surface area contributed by atoms with Gasteiger partial charge in [-0.05, 0) is 25.3 Å². The Bertz CT molecular complexity index is 352. The average molecular weight is 265 g/mol. The van der Waals surface area contributed by atoms with E-state index >= 15 is 0 Å². The van der Waals surface area contributed by atoms with E-state index in [1.807, 2.05) is 0 Å². The Hall–Kier alpha value is -0.900. The van der Waals surface area contributed by atoms with Crippen LogP contribution in [0, 0.1) is 5.92 Å². The van der Waals surface area contributed by atoms with Gasteiger partial charge in [0.15, 0.2) is 5.82 Å². The first kappa shape index (κ1) is 14.5. The van der Waals surface area contributed by atoms with Crippen LogP contribution in [0.25, 0.3) is 0 Å². The van der Waals surface area contributed by atoms with E-state index in [0.717, 1.165) is 24.6 Å². The lowest BCUT2D eigenvalue weighted by Gasteiger charge is -2.15. The molecule has 2 N–H and O–H groups in total. The fraction of sp³-hybridized carbons (Fsp3) is 0.867. The monoisotopic (exact) mass is 265 g/mol.